The van der Waals surface area contributed by atoms with Gasteiger partial charge in [-0.25, -0.2) is 19.3 Å². The lowest BCUT2D eigenvalue weighted by Gasteiger charge is -2.29. The number of terminal acetylenes is 1. The van der Waals surface area contributed by atoms with Gasteiger partial charge in [-0.1, -0.05) is 38.5 Å². The van der Waals surface area contributed by atoms with E-state index >= 15 is 4.39 Å². The Labute approximate surface area is 179 Å². The molecule has 0 unspecified atom stereocenters. The van der Waals surface area contributed by atoms with Gasteiger partial charge in [0.05, 0.1) is 12.0 Å². The number of aromatic nitrogens is 4. The van der Waals surface area contributed by atoms with Crippen LogP contribution >= 0.6 is 0 Å². The van der Waals surface area contributed by atoms with Crippen LogP contribution in [0.25, 0.3) is 11.2 Å². The van der Waals surface area contributed by atoms with E-state index in [0.717, 1.165) is 25.7 Å². The summed E-state index contributed by atoms with van der Waals surface area (Å²) in [4.78, 5) is 24.7. The summed E-state index contributed by atoms with van der Waals surface area (Å²) in [7, 11) is 0. The van der Waals surface area contributed by atoms with Crippen molar-refractivity contribution in [1.82, 2.24) is 19.5 Å². The highest BCUT2D eigenvalue weighted by atomic mass is 19.2. The highest BCUT2D eigenvalue weighted by Gasteiger charge is 2.67. The molecule has 1 saturated heterocycles. The standard InChI is InChI=1S/C21H27FN4O5/c1-4-6-7-8-9-10-15(28)30-18-20(29,5-2)19(31-21(18,22)11-27)26-13-25-16-14(3)23-12-24-17(16)26/h2,12-13,18-19,27,29H,4,6-11H2,1,3H3/t18-,19+,20+,21+/m0/s1. The minimum Gasteiger partial charge on any atom is -0.452 e. The maximum Gasteiger partial charge on any atom is 0.306 e. The van der Waals surface area contributed by atoms with Gasteiger partial charge >= 0.3 is 5.97 Å². The van der Waals surface area contributed by atoms with Crippen LogP contribution in [0.15, 0.2) is 12.7 Å². The molecular formula is C21H27FN4O5. The third-order valence-corrected chi connectivity index (χ3v) is 5.45. The fourth-order valence-corrected chi connectivity index (χ4v) is 3.71. The summed E-state index contributed by atoms with van der Waals surface area (Å²) in [6, 6.07) is 0. The molecule has 10 heteroatoms. The van der Waals surface area contributed by atoms with Crippen LogP contribution in [0.3, 0.4) is 0 Å². The van der Waals surface area contributed by atoms with Crippen molar-refractivity contribution in [2.45, 2.75) is 76.2 Å². The largest absolute Gasteiger partial charge is 0.452 e. The number of ether oxygens (including phenoxy) is 2. The average Bonchev–Trinajstić information content (AvgIpc) is 3.28. The van der Waals surface area contributed by atoms with E-state index in [1.165, 1.54) is 17.2 Å². The summed E-state index contributed by atoms with van der Waals surface area (Å²) in [6.45, 7) is 2.61. The van der Waals surface area contributed by atoms with Gasteiger partial charge in [-0.05, 0) is 13.3 Å². The second-order valence-corrected chi connectivity index (χ2v) is 7.70. The molecule has 1 fully saturated rings. The zero-order valence-electron chi connectivity index (χ0n) is 17.6. The first-order valence-electron chi connectivity index (χ1n) is 10.3. The third-order valence-electron chi connectivity index (χ3n) is 5.45. The zero-order valence-corrected chi connectivity index (χ0v) is 17.6. The lowest BCUT2D eigenvalue weighted by atomic mass is 9.93. The number of aryl methyl sites for hydroxylation is 1. The van der Waals surface area contributed by atoms with Crippen LogP contribution < -0.4 is 0 Å². The van der Waals surface area contributed by atoms with Gasteiger partial charge in [0.2, 0.25) is 11.7 Å². The van der Waals surface area contributed by atoms with E-state index in [0.29, 0.717) is 17.6 Å². The summed E-state index contributed by atoms with van der Waals surface area (Å²) in [5.41, 5.74) is -1.20. The normalized spacial score (nSPS) is 28.0. The van der Waals surface area contributed by atoms with Crippen molar-refractivity contribution in [3.05, 3.63) is 18.3 Å². The van der Waals surface area contributed by atoms with Gasteiger partial charge in [-0.3, -0.25) is 9.36 Å². The first-order valence-corrected chi connectivity index (χ1v) is 10.3. The van der Waals surface area contributed by atoms with Gasteiger partial charge in [-0.15, -0.1) is 6.42 Å². The Morgan fingerprint density at radius 1 is 1.35 bits per heavy atom. The number of carbonyl (C=O) groups excluding carboxylic acids is 1. The van der Waals surface area contributed by atoms with E-state index in [2.05, 4.69) is 27.8 Å². The Bertz CT molecular complexity index is 976. The van der Waals surface area contributed by atoms with Gasteiger partial charge < -0.3 is 19.7 Å². The SMILES string of the molecule is C#C[C@]1(O)[C@H](n2cnc3c(C)ncnc32)O[C@](F)(CO)[C@H]1OC(=O)CCCCCCC. The monoisotopic (exact) mass is 434 g/mol. The molecule has 4 atom stereocenters. The van der Waals surface area contributed by atoms with Gasteiger partial charge in [0.15, 0.2) is 11.9 Å². The Kier molecular flexibility index (Phi) is 6.89. The fourth-order valence-electron chi connectivity index (χ4n) is 3.71. The molecule has 1 aliphatic heterocycles. The molecule has 2 N–H and O–H groups in total. The number of alkyl halides is 1. The number of aliphatic hydroxyl groups is 2. The molecule has 168 valence electrons. The van der Waals surface area contributed by atoms with E-state index in [1.54, 1.807) is 6.92 Å². The molecule has 3 heterocycles. The van der Waals surface area contributed by atoms with Crippen molar-refractivity contribution in [3.8, 4) is 12.3 Å². The molecule has 0 spiro atoms. The second kappa shape index (κ2) is 9.26. The second-order valence-electron chi connectivity index (χ2n) is 7.70. The number of unbranched alkanes of at least 4 members (excludes halogenated alkanes) is 4. The molecule has 31 heavy (non-hydrogen) atoms. The molecular weight excluding hydrogens is 407 g/mol. The van der Waals surface area contributed by atoms with E-state index in [-0.39, 0.29) is 12.1 Å². The number of carbonyl (C=O) groups is 1. The van der Waals surface area contributed by atoms with Crippen molar-refractivity contribution in [1.29, 1.82) is 0 Å². The number of hydrogen-bond donors (Lipinski definition) is 2. The van der Waals surface area contributed by atoms with Crippen molar-refractivity contribution in [2.75, 3.05) is 6.61 Å². The highest BCUT2D eigenvalue weighted by molar-refractivity contribution is 5.73. The van der Waals surface area contributed by atoms with Crippen LogP contribution in [0.5, 0.6) is 0 Å². The van der Waals surface area contributed by atoms with Crippen LogP contribution in [0.1, 0.15) is 57.4 Å². The number of nitrogens with zero attached hydrogens (tertiary/aromatic N) is 4. The zero-order chi connectivity index (χ0) is 22.6. The highest BCUT2D eigenvalue weighted by Crippen LogP contribution is 2.47. The average molecular weight is 434 g/mol. The lowest BCUT2D eigenvalue weighted by molar-refractivity contribution is -0.217. The van der Waals surface area contributed by atoms with Crippen LogP contribution in [0.2, 0.25) is 0 Å². The Balaban J connectivity index is 1.86. The van der Waals surface area contributed by atoms with Crippen molar-refractivity contribution < 1.29 is 28.9 Å². The summed E-state index contributed by atoms with van der Waals surface area (Å²) in [5, 5.41) is 20.9. The van der Waals surface area contributed by atoms with E-state index < -0.39 is 36.4 Å². The minimum atomic E-state index is -2.91. The van der Waals surface area contributed by atoms with E-state index in [4.69, 9.17) is 15.9 Å². The van der Waals surface area contributed by atoms with Crippen LogP contribution in [-0.4, -0.2) is 59.9 Å². The molecule has 1 aliphatic rings. The van der Waals surface area contributed by atoms with Crippen LogP contribution in [-0.2, 0) is 14.3 Å². The summed E-state index contributed by atoms with van der Waals surface area (Å²) in [5.74, 6) is -1.55. The number of fused-ring (bicyclic) bond motifs is 1. The van der Waals surface area contributed by atoms with E-state index in [1.807, 2.05) is 0 Å². The number of hydrogen-bond acceptors (Lipinski definition) is 8. The van der Waals surface area contributed by atoms with Crippen molar-refractivity contribution in [3.63, 3.8) is 0 Å². The van der Waals surface area contributed by atoms with Gasteiger partial charge in [0.1, 0.15) is 18.5 Å². The molecule has 0 amide bonds. The summed E-state index contributed by atoms with van der Waals surface area (Å²) in [6.07, 6.45) is 9.14. The van der Waals surface area contributed by atoms with Crippen LogP contribution in [0.4, 0.5) is 4.39 Å². The summed E-state index contributed by atoms with van der Waals surface area (Å²) >= 11 is 0. The minimum absolute atomic E-state index is 0.0352. The number of esters is 1. The third kappa shape index (κ3) is 4.26. The summed E-state index contributed by atoms with van der Waals surface area (Å²) < 4.78 is 27.3. The molecule has 3 rings (SSSR count). The van der Waals surface area contributed by atoms with Gasteiger partial charge in [-0.2, -0.15) is 0 Å². The van der Waals surface area contributed by atoms with Gasteiger partial charge in [0, 0.05) is 6.42 Å². The lowest BCUT2D eigenvalue weighted by Crippen LogP contribution is -2.52. The quantitative estimate of drug-likeness (QED) is 0.349. The predicted molar refractivity (Wildman–Crippen MR) is 108 cm³/mol. The number of aliphatic hydroxyl groups excluding tert-OH is 1. The van der Waals surface area contributed by atoms with Gasteiger partial charge in [0.25, 0.3) is 5.85 Å². The first-order chi connectivity index (χ1) is 14.8. The number of rotatable bonds is 9. The maximum absolute atomic E-state index is 15.5. The first kappa shape index (κ1) is 23.1. The van der Waals surface area contributed by atoms with Crippen molar-refractivity contribution >= 4 is 17.1 Å². The molecule has 9 nitrogen and oxygen atoms in total. The molecule has 0 aromatic carbocycles. The molecule has 0 bridgehead atoms. The fraction of sp³-hybridized carbons (Fsp3) is 0.619. The molecule has 0 aliphatic carbocycles. The topological polar surface area (TPSA) is 120 Å². The molecule has 0 radical (unpaired) electrons. The molecule has 2 aromatic heterocycles. The maximum atomic E-state index is 15.5. The van der Waals surface area contributed by atoms with E-state index in [9.17, 15) is 15.0 Å². The molecule has 0 saturated carbocycles. The Hall–Kier alpha value is -2.61. The Morgan fingerprint density at radius 3 is 2.77 bits per heavy atom. The van der Waals surface area contributed by atoms with Crippen LogP contribution in [0, 0.1) is 19.3 Å². The number of imidazole rings is 1. The smallest absolute Gasteiger partial charge is 0.306 e. The molecule has 2 aromatic rings. The predicted octanol–water partition coefficient (Wildman–Crippen LogP) is 1.96. The number of halogens is 1. The Morgan fingerprint density at radius 2 is 2.10 bits per heavy atom. The van der Waals surface area contributed by atoms with Crippen molar-refractivity contribution in [2.24, 2.45) is 0 Å².